The smallest absolute Gasteiger partial charge is 0.225 e. The lowest BCUT2D eigenvalue weighted by Crippen LogP contribution is -2.44. The average Bonchev–Trinajstić information content (AvgIpc) is 3.13. The average molecular weight is 296 g/mol. The van der Waals surface area contributed by atoms with Crippen molar-refractivity contribution in [2.75, 3.05) is 13.1 Å². The van der Waals surface area contributed by atoms with Crippen LogP contribution in [0.15, 0.2) is 0 Å². The number of carbonyl (C=O) groups excluding carboxylic acids is 2. The molecule has 0 aromatic heterocycles. The molecule has 2 fully saturated rings. The van der Waals surface area contributed by atoms with E-state index in [-0.39, 0.29) is 24.3 Å². The van der Waals surface area contributed by atoms with E-state index in [1.807, 2.05) is 18.7 Å². The van der Waals surface area contributed by atoms with Gasteiger partial charge < -0.3 is 15.3 Å². The first-order valence-corrected chi connectivity index (χ1v) is 8.28. The van der Waals surface area contributed by atoms with Gasteiger partial charge in [0.05, 0.1) is 11.5 Å². The van der Waals surface area contributed by atoms with Crippen molar-refractivity contribution in [3.8, 4) is 0 Å². The van der Waals surface area contributed by atoms with E-state index in [4.69, 9.17) is 0 Å². The number of hydrogen-bond donors (Lipinski definition) is 2. The van der Waals surface area contributed by atoms with Crippen LogP contribution < -0.4 is 5.32 Å². The summed E-state index contributed by atoms with van der Waals surface area (Å²) in [5.41, 5.74) is -0.830. The molecule has 1 unspecified atom stereocenters. The van der Waals surface area contributed by atoms with Gasteiger partial charge in [0.2, 0.25) is 11.8 Å². The van der Waals surface area contributed by atoms with Crippen molar-refractivity contribution in [3.05, 3.63) is 0 Å². The van der Waals surface area contributed by atoms with E-state index in [1.54, 1.807) is 0 Å². The number of nitrogens with one attached hydrogen (secondary N) is 1. The predicted molar refractivity (Wildman–Crippen MR) is 80.6 cm³/mol. The van der Waals surface area contributed by atoms with Crippen molar-refractivity contribution in [3.63, 3.8) is 0 Å². The van der Waals surface area contributed by atoms with Crippen LogP contribution in [0, 0.1) is 5.92 Å². The molecule has 0 spiro atoms. The molecule has 1 saturated carbocycles. The highest BCUT2D eigenvalue weighted by Crippen LogP contribution is 2.29. The molecule has 2 rings (SSSR count). The summed E-state index contributed by atoms with van der Waals surface area (Å²) in [5, 5.41) is 13.0. The lowest BCUT2D eigenvalue weighted by Gasteiger charge is -2.26. The molecule has 1 aliphatic heterocycles. The van der Waals surface area contributed by atoms with Crippen LogP contribution in [0.2, 0.25) is 0 Å². The van der Waals surface area contributed by atoms with E-state index < -0.39 is 5.60 Å². The van der Waals surface area contributed by atoms with Gasteiger partial charge >= 0.3 is 0 Å². The lowest BCUT2D eigenvalue weighted by atomic mass is 9.97. The summed E-state index contributed by atoms with van der Waals surface area (Å²) in [4.78, 5) is 26.2. The van der Waals surface area contributed by atoms with Gasteiger partial charge in [0, 0.05) is 25.6 Å². The molecular formula is C16H28N2O3. The molecule has 1 aliphatic carbocycles. The number of rotatable bonds is 6. The third-order valence-electron chi connectivity index (χ3n) is 5.20. The number of likely N-dealkylation sites (tertiary alicyclic amines) is 1. The lowest BCUT2D eigenvalue weighted by molar-refractivity contribution is -0.130. The zero-order valence-electron chi connectivity index (χ0n) is 13.2. The third kappa shape index (κ3) is 3.76. The largest absolute Gasteiger partial charge is 0.388 e. The van der Waals surface area contributed by atoms with Gasteiger partial charge in [-0.3, -0.25) is 9.59 Å². The Morgan fingerprint density at radius 3 is 2.52 bits per heavy atom. The zero-order chi connectivity index (χ0) is 15.5. The van der Waals surface area contributed by atoms with E-state index in [9.17, 15) is 14.7 Å². The highest BCUT2D eigenvalue weighted by atomic mass is 16.3. The molecule has 0 aromatic rings. The molecule has 1 saturated heterocycles. The van der Waals surface area contributed by atoms with Crippen molar-refractivity contribution in [1.82, 2.24) is 10.2 Å². The predicted octanol–water partition coefficient (Wildman–Crippen LogP) is 1.44. The van der Waals surface area contributed by atoms with Crippen molar-refractivity contribution >= 4 is 11.8 Å². The first-order chi connectivity index (χ1) is 9.99. The van der Waals surface area contributed by atoms with Crippen LogP contribution >= 0.6 is 0 Å². The molecule has 0 radical (unpaired) electrons. The monoisotopic (exact) mass is 296 g/mol. The van der Waals surface area contributed by atoms with E-state index in [1.165, 1.54) is 12.8 Å². The van der Waals surface area contributed by atoms with E-state index in [0.717, 1.165) is 12.8 Å². The minimum Gasteiger partial charge on any atom is -0.388 e. The second-order valence-electron chi connectivity index (χ2n) is 6.53. The van der Waals surface area contributed by atoms with Gasteiger partial charge in [-0.25, -0.2) is 0 Å². The summed E-state index contributed by atoms with van der Waals surface area (Å²) in [6.45, 7) is 4.64. The van der Waals surface area contributed by atoms with Gasteiger partial charge in [-0.1, -0.05) is 26.7 Å². The molecule has 0 bridgehead atoms. The molecule has 1 heterocycles. The molecule has 2 aliphatic rings. The molecule has 5 nitrogen and oxygen atoms in total. The highest BCUT2D eigenvalue weighted by molar-refractivity contribution is 5.89. The fourth-order valence-corrected chi connectivity index (χ4v) is 3.37. The zero-order valence-corrected chi connectivity index (χ0v) is 13.2. The third-order valence-corrected chi connectivity index (χ3v) is 5.20. The molecule has 5 heteroatoms. The summed E-state index contributed by atoms with van der Waals surface area (Å²) in [6, 6.07) is 0.346. The maximum atomic E-state index is 12.2. The number of nitrogens with zero attached hydrogens (tertiary/aromatic N) is 1. The summed E-state index contributed by atoms with van der Waals surface area (Å²) < 4.78 is 0. The normalized spacial score (nSPS) is 23.9. The Labute approximate surface area is 127 Å². The van der Waals surface area contributed by atoms with Gasteiger partial charge in [-0.2, -0.15) is 0 Å². The molecule has 0 aromatic carbocycles. The van der Waals surface area contributed by atoms with Crippen molar-refractivity contribution < 1.29 is 14.7 Å². The molecule has 2 N–H and O–H groups in total. The van der Waals surface area contributed by atoms with E-state index >= 15 is 0 Å². The van der Waals surface area contributed by atoms with Crippen LogP contribution in [0.1, 0.15) is 58.8 Å². The molecule has 21 heavy (non-hydrogen) atoms. The fourth-order valence-electron chi connectivity index (χ4n) is 3.37. The second-order valence-corrected chi connectivity index (χ2v) is 6.53. The van der Waals surface area contributed by atoms with Crippen LogP contribution in [0.4, 0.5) is 0 Å². The van der Waals surface area contributed by atoms with Crippen molar-refractivity contribution in [2.24, 2.45) is 5.92 Å². The van der Waals surface area contributed by atoms with Crippen molar-refractivity contribution in [2.45, 2.75) is 70.4 Å². The Hall–Kier alpha value is -1.10. The Balaban J connectivity index is 1.85. The quantitative estimate of drug-likeness (QED) is 0.779. The van der Waals surface area contributed by atoms with Gasteiger partial charge in [0.1, 0.15) is 0 Å². The van der Waals surface area contributed by atoms with Crippen LogP contribution in [-0.4, -0.2) is 46.6 Å². The first kappa shape index (κ1) is 16.3. The van der Waals surface area contributed by atoms with Gasteiger partial charge in [0.25, 0.3) is 0 Å². The topological polar surface area (TPSA) is 69.6 Å². The maximum Gasteiger partial charge on any atom is 0.225 e. The first-order valence-electron chi connectivity index (χ1n) is 8.28. The fraction of sp³-hybridized carbons (Fsp3) is 0.875. The van der Waals surface area contributed by atoms with Crippen LogP contribution in [0.5, 0.6) is 0 Å². The number of carbonyl (C=O) groups is 2. The van der Waals surface area contributed by atoms with E-state index in [2.05, 4.69) is 5.32 Å². The van der Waals surface area contributed by atoms with Crippen LogP contribution in [0.25, 0.3) is 0 Å². The standard InChI is InChI=1S/C16H28N2O3/c1-3-16(21,4-2)11-17-15(20)12-9-14(19)18(10-12)13-7-5-6-8-13/h12-13,21H,3-11H2,1-2H3,(H,17,20). The van der Waals surface area contributed by atoms with Gasteiger partial charge in [-0.05, 0) is 25.7 Å². The number of hydrogen-bond acceptors (Lipinski definition) is 3. The Morgan fingerprint density at radius 2 is 1.95 bits per heavy atom. The van der Waals surface area contributed by atoms with Gasteiger partial charge in [-0.15, -0.1) is 0 Å². The second kappa shape index (κ2) is 6.77. The van der Waals surface area contributed by atoms with Crippen LogP contribution in [0.3, 0.4) is 0 Å². The molecule has 120 valence electrons. The summed E-state index contributed by atoms with van der Waals surface area (Å²) >= 11 is 0. The summed E-state index contributed by atoms with van der Waals surface area (Å²) in [7, 11) is 0. The molecule has 2 amide bonds. The van der Waals surface area contributed by atoms with Gasteiger partial charge in [0.15, 0.2) is 0 Å². The SMILES string of the molecule is CCC(O)(CC)CNC(=O)C1CC(=O)N(C2CCCC2)C1. The number of aliphatic hydroxyl groups is 1. The van der Waals surface area contributed by atoms with Crippen LogP contribution in [-0.2, 0) is 9.59 Å². The summed E-state index contributed by atoms with van der Waals surface area (Å²) in [5.74, 6) is -0.233. The minimum atomic E-state index is -0.830. The Bertz CT molecular complexity index is 387. The maximum absolute atomic E-state index is 12.2. The highest BCUT2D eigenvalue weighted by Gasteiger charge is 2.39. The number of amides is 2. The summed E-state index contributed by atoms with van der Waals surface area (Å²) in [6.07, 6.45) is 6.07. The molecule has 1 atom stereocenters. The van der Waals surface area contributed by atoms with Crippen molar-refractivity contribution in [1.29, 1.82) is 0 Å². The minimum absolute atomic E-state index is 0.0934. The molecular weight excluding hydrogens is 268 g/mol. The Kier molecular flexibility index (Phi) is 5.25. The van der Waals surface area contributed by atoms with E-state index in [0.29, 0.717) is 31.8 Å². The Morgan fingerprint density at radius 1 is 1.33 bits per heavy atom.